The van der Waals surface area contributed by atoms with Crippen LogP contribution in [0.5, 0.6) is 0 Å². The number of benzene rings is 1. The van der Waals surface area contributed by atoms with E-state index in [9.17, 15) is 14.9 Å². The lowest BCUT2D eigenvalue weighted by Gasteiger charge is -2.34. The number of nitrogens with zero attached hydrogens (tertiary/aromatic N) is 3. The Morgan fingerprint density at radius 3 is 2.81 bits per heavy atom. The fraction of sp³-hybridized carbons (Fsp3) is 0.300. The maximum atomic E-state index is 12.6. The summed E-state index contributed by atoms with van der Waals surface area (Å²) in [6.07, 6.45) is 3.06. The first-order valence-corrected chi connectivity index (χ1v) is 9.08. The van der Waals surface area contributed by atoms with Gasteiger partial charge in [0.25, 0.3) is 0 Å². The van der Waals surface area contributed by atoms with Gasteiger partial charge in [0.05, 0.1) is 22.2 Å². The van der Waals surface area contributed by atoms with Gasteiger partial charge in [0, 0.05) is 24.8 Å². The van der Waals surface area contributed by atoms with Crippen LogP contribution in [0.2, 0.25) is 5.02 Å². The number of amides is 1. The van der Waals surface area contributed by atoms with Gasteiger partial charge in [0.2, 0.25) is 5.91 Å². The third kappa shape index (κ3) is 4.44. The smallest absolute Gasteiger partial charge is 0.230 e. The number of Topliss-reactive ketones (excluding diaryl/α,β-unsaturated/α-hetero) is 1. The van der Waals surface area contributed by atoms with Gasteiger partial charge in [-0.05, 0) is 50.1 Å². The van der Waals surface area contributed by atoms with Crippen molar-refractivity contribution in [3.63, 3.8) is 0 Å². The van der Waals surface area contributed by atoms with Gasteiger partial charge in [-0.15, -0.1) is 0 Å². The molecule has 1 aliphatic heterocycles. The highest BCUT2D eigenvalue weighted by Gasteiger charge is 2.27. The van der Waals surface area contributed by atoms with Gasteiger partial charge < -0.3 is 10.2 Å². The third-order valence-electron chi connectivity index (χ3n) is 4.64. The number of piperidine rings is 1. The highest BCUT2D eigenvalue weighted by molar-refractivity contribution is 6.30. The van der Waals surface area contributed by atoms with Crippen LogP contribution in [0.25, 0.3) is 0 Å². The molecule has 1 unspecified atom stereocenters. The number of ketones is 1. The molecule has 1 atom stereocenters. The molecule has 1 fully saturated rings. The van der Waals surface area contributed by atoms with Gasteiger partial charge >= 0.3 is 0 Å². The minimum absolute atomic E-state index is 0.0548. The molecule has 1 saturated heterocycles. The summed E-state index contributed by atoms with van der Waals surface area (Å²) in [5, 5.41) is 12.7. The van der Waals surface area contributed by atoms with Crippen LogP contribution in [-0.2, 0) is 4.79 Å². The monoisotopic (exact) mass is 382 g/mol. The van der Waals surface area contributed by atoms with Gasteiger partial charge in [-0.3, -0.25) is 9.59 Å². The summed E-state index contributed by atoms with van der Waals surface area (Å²) in [7, 11) is 0. The lowest BCUT2D eigenvalue weighted by atomic mass is 9.95. The van der Waals surface area contributed by atoms with Crippen LogP contribution >= 0.6 is 11.6 Å². The Labute approximate surface area is 162 Å². The first-order chi connectivity index (χ1) is 13.0. The average molecular weight is 383 g/mol. The minimum Gasteiger partial charge on any atom is -0.370 e. The number of anilines is 2. The maximum absolute atomic E-state index is 12.6. The van der Waals surface area contributed by atoms with Crippen molar-refractivity contribution in [2.45, 2.75) is 19.8 Å². The SMILES string of the molecule is CC(=O)c1ccc(C#N)c(N2CCCC(C(=O)Nc3ccc(Cl)cn3)C2)c1. The van der Waals surface area contributed by atoms with E-state index in [0.29, 0.717) is 34.2 Å². The molecular formula is C20H19ClN4O2. The van der Waals surface area contributed by atoms with Crippen molar-refractivity contribution in [1.29, 1.82) is 5.26 Å². The molecule has 2 aromatic rings. The van der Waals surface area contributed by atoms with E-state index < -0.39 is 0 Å². The molecule has 0 aliphatic carbocycles. The fourth-order valence-corrected chi connectivity index (χ4v) is 3.31. The summed E-state index contributed by atoms with van der Waals surface area (Å²) >= 11 is 5.82. The van der Waals surface area contributed by atoms with Crippen LogP contribution in [-0.4, -0.2) is 29.8 Å². The Hall–Kier alpha value is -2.91. The van der Waals surface area contributed by atoms with Gasteiger partial charge in [0.15, 0.2) is 5.78 Å². The number of nitrogens with one attached hydrogen (secondary N) is 1. The third-order valence-corrected chi connectivity index (χ3v) is 4.86. The molecular weight excluding hydrogens is 364 g/mol. The zero-order chi connectivity index (χ0) is 19.4. The van der Waals surface area contributed by atoms with Crippen LogP contribution < -0.4 is 10.2 Å². The van der Waals surface area contributed by atoms with Gasteiger partial charge in [-0.2, -0.15) is 5.26 Å². The number of rotatable bonds is 4. The van der Waals surface area contributed by atoms with Crippen molar-refractivity contribution in [2.24, 2.45) is 5.92 Å². The molecule has 1 aromatic carbocycles. The van der Waals surface area contributed by atoms with Crippen molar-refractivity contribution in [2.75, 3.05) is 23.3 Å². The number of carbonyl (C=O) groups excluding carboxylic acids is 2. The molecule has 0 spiro atoms. The molecule has 3 rings (SSSR count). The number of nitriles is 1. The summed E-state index contributed by atoms with van der Waals surface area (Å²) in [5.41, 5.74) is 1.76. The van der Waals surface area contributed by atoms with Crippen molar-refractivity contribution in [3.8, 4) is 6.07 Å². The van der Waals surface area contributed by atoms with E-state index in [1.165, 1.54) is 13.1 Å². The Morgan fingerprint density at radius 1 is 1.33 bits per heavy atom. The molecule has 0 bridgehead atoms. The number of carbonyl (C=O) groups is 2. The summed E-state index contributed by atoms with van der Waals surface area (Å²) in [6, 6.07) is 10.6. The lowest BCUT2D eigenvalue weighted by Crippen LogP contribution is -2.41. The molecule has 2 heterocycles. The fourth-order valence-electron chi connectivity index (χ4n) is 3.19. The van der Waals surface area contributed by atoms with Gasteiger partial charge in [0.1, 0.15) is 11.9 Å². The largest absolute Gasteiger partial charge is 0.370 e. The second-order valence-corrected chi connectivity index (χ2v) is 6.97. The van der Waals surface area contributed by atoms with Crippen LogP contribution in [0.15, 0.2) is 36.5 Å². The van der Waals surface area contributed by atoms with E-state index in [2.05, 4.69) is 16.4 Å². The Morgan fingerprint density at radius 2 is 2.15 bits per heavy atom. The van der Waals surface area contributed by atoms with Gasteiger partial charge in [-0.1, -0.05) is 11.6 Å². The predicted molar refractivity (Wildman–Crippen MR) is 104 cm³/mol. The number of aromatic nitrogens is 1. The quantitative estimate of drug-likeness (QED) is 0.815. The highest BCUT2D eigenvalue weighted by Crippen LogP contribution is 2.28. The minimum atomic E-state index is -0.233. The normalized spacial score (nSPS) is 16.5. The van der Waals surface area contributed by atoms with Crippen molar-refractivity contribution < 1.29 is 9.59 Å². The molecule has 1 aliphatic rings. The van der Waals surface area contributed by atoms with Crippen molar-refractivity contribution in [1.82, 2.24) is 4.98 Å². The van der Waals surface area contributed by atoms with Crippen LogP contribution in [0.4, 0.5) is 11.5 Å². The molecule has 1 aromatic heterocycles. The van der Waals surface area contributed by atoms with E-state index in [1.54, 1.807) is 30.3 Å². The molecule has 1 amide bonds. The maximum Gasteiger partial charge on any atom is 0.230 e. The summed E-state index contributed by atoms with van der Waals surface area (Å²) in [5.74, 6) is 0.0539. The topological polar surface area (TPSA) is 86.1 Å². The molecule has 7 heteroatoms. The predicted octanol–water partition coefficient (Wildman–Crippen LogP) is 3.66. The molecule has 1 N–H and O–H groups in total. The number of halogens is 1. The second kappa shape index (κ2) is 8.19. The summed E-state index contributed by atoms with van der Waals surface area (Å²) < 4.78 is 0. The Kier molecular flexibility index (Phi) is 5.72. The van der Waals surface area contributed by atoms with Crippen LogP contribution in [0, 0.1) is 17.2 Å². The standard InChI is InChI=1S/C20H19ClN4O2/c1-13(26)14-4-5-15(10-22)18(9-14)25-8-2-3-16(12-25)20(27)24-19-7-6-17(21)11-23-19/h4-7,9,11,16H,2-3,8,12H2,1H3,(H,23,24,27). The van der Waals surface area contributed by atoms with Crippen LogP contribution in [0.1, 0.15) is 35.7 Å². The number of hydrogen-bond donors (Lipinski definition) is 1. The van der Waals surface area contributed by atoms with Crippen LogP contribution in [0.3, 0.4) is 0 Å². The molecule has 138 valence electrons. The van der Waals surface area contributed by atoms with Gasteiger partial charge in [-0.25, -0.2) is 4.98 Å². The highest BCUT2D eigenvalue weighted by atomic mass is 35.5. The molecule has 0 saturated carbocycles. The Bertz CT molecular complexity index is 905. The summed E-state index contributed by atoms with van der Waals surface area (Å²) in [6.45, 7) is 2.71. The van der Waals surface area contributed by atoms with E-state index >= 15 is 0 Å². The van der Waals surface area contributed by atoms with E-state index in [4.69, 9.17) is 11.6 Å². The van der Waals surface area contributed by atoms with E-state index in [1.807, 2.05) is 4.90 Å². The Balaban J connectivity index is 1.77. The van der Waals surface area contributed by atoms with Crippen molar-refractivity contribution in [3.05, 3.63) is 52.7 Å². The lowest BCUT2D eigenvalue weighted by molar-refractivity contribution is -0.120. The zero-order valence-corrected chi connectivity index (χ0v) is 15.7. The number of hydrogen-bond acceptors (Lipinski definition) is 5. The molecule has 6 nitrogen and oxygen atoms in total. The first-order valence-electron chi connectivity index (χ1n) is 8.70. The molecule has 0 radical (unpaired) electrons. The number of pyridine rings is 1. The van der Waals surface area contributed by atoms with E-state index in [0.717, 1.165) is 19.4 Å². The van der Waals surface area contributed by atoms with E-state index in [-0.39, 0.29) is 17.6 Å². The second-order valence-electron chi connectivity index (χ2n) is 6.54. The first kappa shape index (κ1) is 18.9. The summed E-state index contributed by atoms with van der Waals surface area (Å²) in [4.78, 5) is 30.4. The zero-order valence-electron chi connectivity index (χ0n) is 14.9. The van der Waals surface area contributed by atoms with Crippen molar-refractivity contribution >= 4 is 34.8 Å². The average Bonchev–Trinajstić information content (AvgIpc) is 2.69. The molecule has 27 heavy (non-hydrogen) atoms.